The van der Waals surface area contributed by atoms with Crippen LogP contribution < -0.4 is 5.73 Å². The summed E-state index contributed by atoms with van der Waals surface area (Å²) in [6, 6.07) is 0. The smallest absolute Gasteiger partial charge is 0.259 e. The van der Waals surface area contributed by atoms with E-state index in [-0.39, 0.29) is 5.91 Å². The minimum Gasteiger partial charge on any atom is -0.382 e. The number of hydrogen-bond donors (Lipinski definition) is 2. The number of nitrogens with two attached hydrogens (primary N) is 1. The molecule has 1 saturated heterocycles. The number of piperidine rings is 1. The van der Waals surface area contributed by atoms with E-state index in [0.717, 1.165) is 31.6 Å². The number of rotatable bonds is 3. The topological polar surface area (TPSA) is 75.0 Å². The fourth-order valence-corrected chi connectivity index (χ4v) is 3.02. The lowest BCUT2D eigenvalue weighted by molar-refractivity contribution is 0.0558. The van der Waals surface area contributed by atoms with Gasteiger partial charge in [-0.05, 0) is 25.2 Å². The standard InChI is InChI=1S/C14H24N4O/c1-4-14(5-2)6-8-18(9-7-14)13(19)11-10(3)16-17-12(11)15/h4-9H2,1-3H3,(H3,15,16,17). The summed E-state index contributed by atoms with van der Waals surface area (Å²) in [4.78, 5) is 14.4. The van der Waals surface area contributed by atoms with Gasteiger partial charge in [-0.1, -0.05) is 26.7 Å². The van der Waals surface area contributed by atoms with Crippen LogP contribution in [0.15, 0.2) is 0 Å². The molecule has 106 valence electrons. The van der Waals surface area contributed by atoms with E-state index in [4.69, 9.17) is 5.73 Å². The number of aromatic amines is 1. The Morgan fingerprint density at radius 1 is 1.37 bits per heavy atom. The third-order valence-corrected chi connectivity index (χ3v) is 4.80. The lowest BCUT2D eigenvalue weighted by atomic mass is 9.74. The molecule has 0 saturated carbocycles. The molecule has 3 N–H and O–H groups in total. The van der Waals surface area contributed by atoms with Crippen LogP contribution in [0.5, 0.6) is 0 Å². The highest BCUT2D eigenvalue weighted by molar-refractivity contribution is 5.99. The molecule has 1 fully saturated rings. The van der Waals surface area contributed by atoms with Gasteiger partial charge in [-0.25, -0.2) is 0 Å². The van der Waals surface area contributed by atoms with E-state index in [9.17, 15) is 4.79 Å². The molecule has 0 unspecified atom stereocenters. The summed E-state index contributed by atoms with van der Waals surface area (Å²) in [5.41, 5.74) is 7.49. The molecular weight excluding hydrogens is 240 g/mol. The zero-order valence-corrected chi connectivity index (χ0v) is 12.1. The Kier molecular flexibility index (Phi) is 3.83. The Hall–Kier alpha value is -1.52. The second kappa shape index (κ2) is 5.23. The summed E-state index contributed by atoms with van der Waals surface area (Å²) >= 11 is 0. The van der Waals surface area contributed by atoms with E-state index >= 15 is 0 Å². The Bertz CT molecular complexity index is 433. The van der Waals surface area contributed by atoms with Crippen molar-refractivity contribution in [1.82, 2.24) is 15.1 Å². The van der Waals surface area contributed by atoms with E-state index in [2.05, 4.69) is 24.0 Å². The van der Waals surface area contributed by atoms with Gasteiger partial charge in [-0.3, -0.25) is 9.89 Å². The van der Waals surface area contributed by atoms with Crippen LogP contribution in [0.1, 0.15) is 55.6 Å². The van der Waals surface area contributed by atoms with Gasteiger partial charge >= 0.3 is 0 Å². The number of amides is 1. The second-order valence-corrected chi connectivity index (χ2v) is 5.61. The Morgan fingerprint density at radius 3 is 2.37 bits per heavy atom. The molecule has 1 aliphatic heterocycles. The van der Waals surface area contributed by atoms with Crippen LogP contribution in [-0.4, -0.2) is 34.1 Å². The summed E-state index contributed by atoms with van der Waals surface area (Å²) in [7, 11) is 0. The minimum atomic E-state index is 0.0181. The molecule has 1 amide bonds. The van der Waals surface area contributed by atoms with Crippen molar-refractivity contribution in [2.45, 2.75) is 46.5 Å². The number of anilines is 1. The lowest BCUT2D eigenvalue weighted by Gasteiger charge is -2.41. The van der Waals surface area contributed by atoms with Crippen molar-refractivity contribution in [1.29, 1.82) is 0 Å². The molecule has 0 bridgehead atoms. The first-order chi connectivity index (χ1) is 9.03. The Morgan fingerprint density at radius 2 is 1.95 bits per heavy atom. The maximum atomic E-state index is 12.5. The van der Waals surface area contributed by atoms with Crippen molar-refractivity contribution < 1.29 is 4.79 Å². The quantitative estimate of drug-likeness (QED) is 0.880. The highest BCUT2D eigenvalue weighted by atomic mass is 16.2. The number of nitrogen functional groups attached to an aromatic ring is 1. The number of nitrogens with one attached hydrogen (secondary N) is 1. The van der Waals surface area contributed by atoms with Gasteiger partial charge in [0.1, 0.15) is 5.56 Å². The van der Waals surface area contributed by atoms with Gasteiger partial charge in [0.05, 0.1) is 0 Å². The molecule has 2 rings (SSSR count). The van der Waals surface area contributed by atoms with Crippen molar-refractivity contribution in [3.8, 4) is 0 Å². The van der Waals surface area contributed by atoms with E-state index in [1.807, 2.05) is 11.8 Å². The van der Waals surface area contributed by atoms with Gasteiger partial charge < -0.3 is 10.6 Å². The third-order valence-electron chi connectivity index (χ3n) is 4.80. The van der Waals surface area contributed by atoms with Crippen LogP contribution in [0.3, 0.4) is 0 Å². The molecule has 0 aromatic carbocycles. The molecule has 0 aliphatic carbocycles. The molecule has 1 aromatic rings. The number of H-pyrrole nitrogens is 1. The summed E-state index contributed by atoms with van der Waals surface area (Å²) in [6.45, 7) is 7.98. The van der Waals surface area contributed by atoms with Crippen molar-refractivity contribution >= 4 is 11.7 Å². The Balaban J connectivity index is 2.08. The molecule has 5 nitrogen and oxygen atoms in total. The molecule has 19 heavy (non-hydrogen) atoms. The van der Waals surface area contributed by atoms with Gasteiger partial charge in [0.15, 0.2) is 5.82 Å². The lowest BCUT2D eigenvalue weighted by Crippen LogP contribution is -2.43. The summed E-state index contributed by atoms with van der Waals surface area (Å²) < 4.78 is 0. The van der Waals surface area contributed by atoms with E-state index < -0.39 is 0 Å². The molecule has 0 spiro atoms. The average molecular weight is 264 g/mol. The van der Waals surface area contributed by atoms with Gasteiger partial charge in [0.2, 0.25) is 0 Å². The summed E-state index contributed by atoms with van der Waals surface area (Å²) in [5, 5.41) is 6.67. The van der Waals surface area contributed by atoms with E-state index in [1.165, 1.54) is 12.8 Å². The van der Waals surface area contributed by atoms with Crippen LogP contribution >= 0.6 is 0 Å². The van der Waals surface area contributed by atoms with Crippen molar-refractivity contribution in [2.24, 2.45) is 5.41 Å². The number of aryl methyl sites for hydroxylation is 1. The van der Waals surface area contributed by atoms with Gasteiger partial charge in [-0.2, -0.15) is 5.10 Å². The number of carbonyl (C=O) groups is 1. The van der Waals surface area contributed by atoms with Gasteiger partial charge in [0.25, 0.3) is 5.91 Å². The van der Waals surface area contributed by atoms with E-state index in [0.29, 0.717) is 16.8 Å². The molecule has 1 aromatic heterocycles. The summed E-state index contributed by atoms with van der Waals surface area (Å²) in [6.07, 6.45) is 4.56. The fraction of sp³-hybridized carbons (Fsp3) is 0.714. The molecule has 0 radical (unpaired) electrons. The molecule has 0 atom stereocenters. The van der Waals surface area contributed by atoms with Crippen LogP contribution in [0, 0.1) is 12.3 Å². The van der Waals surface area contributed by atoms with Crippen LogP contribution in [0.2, 0.25) is 0 Å². The third kappa shape index (κ3) is 2.46. The SMILES string of the molecule is CCC1(CC)CCN(C(=O)c2c(N)n[nH]c2C)CC1. The van der Waals surface area contributed by atoms with Crippen molar-refractivity contribution in [2.75, 3.05) is 18.8 Å². The number of hydrogen-bond acceptors (Lipinski definition) is 3. The monoisotopic (exact) mass is 264 g/mol. The number of aromatic nitrogens is 2. The van der Waals surface area contributed by atoms with Gasteiger partial charge in [-0.15, -0.1) is 0 Å². The largest absolute Gasteiger partial charge is 0.382 e. The van der Waals surface area contributed by atoms with Crippen molar-refractivity contribution in [3.05, 3.63) is 11.3 Å². The fourth-order valence-electron chi connectivity index (χ4n) is 3.02. The van der Waals surface area contributed by atoms with Crippen LogP contribution in [0.25, 0.3) is 0 Å². The first-order valence-electron chi connectivity index (χ1n) is 7.12. The average Bonchev–Trinajstić information content (AvgIpc) is 2.77. The normalized spacial score (nSPS) is 18.6. The maximum Gasteiger partial charge on any atom is 0.259 e. The predicted molar refractivity (Wildman–Crippen MR) is 75.9 cm³/mol. The Labute approximate surface area is 114 Å². The van der Waals surface area contributed by atoms with Crippen molar-refractivity contribution in [3.63, 3.8) is 0 Å². The highest BCUT2D eigenvalue weighted by Gasteiger charge is 2.34. The van der Waals surface area contributed by atoms with E-state index in [1.54, 1.807) is 0 Å². The molecule has 5 heteroatoms. The zero-order chi connectivity index (χ0) is 14.0. The highest BCUT2D eigenvalue weighted by Crippen LogP contribution is 2.38. The van der Waals surface area contributed by atoms with Gasteiger partial charge in [0, 0.05) is 18.8 Å². The molecular formula is C14H24N4O. The number of likely N-dealkylation sites (tertiary alicyclic amines) is 1. The van der Waals surface area contributed by atoms with Crippen LogP contribution in [0.4, 0.5) is 5.82 Å². The first kappa shape index (κ1) is 13.9. The number of nitrogens with zero attached hydrogens (tertiary/aromatic N) is 2. The predicted octanol–water partition coefficient (Wildman–Crippen LogP) is 2.34. The molecule has 1 aliphatic rings. The first-order valence-corrected chi connectivity index (χ1v) is 7.12. The maximum absolute atomic E-state index is 12.5. The minimum absolute atomic E-state index is 0.0181. The second-order valence-electron chi connectivity index (χ2n) is 5.61. The summed E-state index contributed by atoms with van der Waals surface area (Å²) in [5.74, 6) is 0.329. The van der Waals surface area contributed by atoms with Crippen LogP contribution in [-0.2, 0) is 0 Å². The zero-order valence-electron chi connectivity index (χ0n) is 12.1. The molecule has 2 heterocycles. The number of carbonyl (C=O) groups excluding carboxylic acids is 1.